The van der Waals surface area contributed by atoms with E-state index >= 15 is 0 Å². The number of unbranched alkanes of at least 4 members (excludes halogenated alkanes) is 1. The third-order valence-corrected chi connectivity index (χ3v) is 3.62. The van der Waals surface area contributed by atoms with Gasteiger partial charge < -0.3 is 28.4 Å². The molecule has 0 bridgehead atoms. The average Bonchev–Trinajstić information content (AvgIpc) is 2.86. The molecule has 1 atom stereocenters. The Labute approximate surface area is 267 Å². The first-order valence-electron chi connectivity index (χ1n) is 15.1. The van der Waals surface area contributed by atoms with Crippen LogP contribution < -0.4 is 0 Å². The van der Waals surface area contributed by atoms with E-state index < -0.39 is 0 Å². The number of hydrogen-bond donors (Lipinski definition) is 0. The number of carbonyl (C=O) groups is 6. The molecule has 0 aromatic heterocycles. The van der Waals surface area contributed by atoms with Crippen molar-refractivity contribution >= 4 is 35.8 Å². The summed E-state index contributed by atoms with van der Waals surface area (Å²) < 4.78 is 27.6. The normalized spacial score (nSPS) is 9.48. The molecule has 264 valence electrons. The SMILES string of the molecule is CC(=O)OC(C)C.CC(=O)OCC(C)C.CCC(C)OC(C)=O.CCCCOC(C)=O.CCCOC(C)=O.CCOC(C)=O. The van der Waals surface area contributed by atoms with Crippen LogP contribution in [0.5, 0.6) is 0 Å². The molecule has 0 saturated heterocycles. The molecular weight excluding hydrogens is 576 g/mol. The van der Waals surface area contributed by atoms with Crippen molar-refractivity contribution in [2.24, 2.45) is 5.92 Å². The molecule has 44 heavy (non-hydrogen) atoms. The maximum absolute atomic E-state index is 10.2. The molecule has 0 radical (unpaired) electrons. The summed E-state index contributed by atoms with van der Waals surface area (Å²) in [6.07, 6.45) is 3.94. The summed E-state index contributed by atoms with van der Waals surface area (Å²) in [6, 6.07) is 0. The summed E-state index contributed by atoms with van der Waals surface area (Å²) >= 11 is 0. The van der Waals surface area contributed by atoms with E-state index in [0.29, 0.717) is 32.3 Å². The minimum Gasteiger partial charge on any atom is -0.466 e. The lowest BCUT2D eigenvalue weighted by Gasteiger charge is -2.06. The lowest BCUT2D eigenvalue weighted by molar-refractivity contribution is -0.146. The fourth-order valence-electron chi connectivity index (χ4n) is 1.79. The van der Waals surface area contributed by atoms with Crippen molar-refractivity contribution in [1.29, 1.82) is 0 Å². The largest absolute Gasteiger partial charge is 0.466 e. The number of esters is 6. The van der Waals surface area contributed by atoms with Crippen LogP contribution in [0, 0.1) is 5.92 Å². The second-order valence-electron chi connectivity index (χ2n) is 9.64. The minimum atomic E-state index is -0.213. The van der Waals surface area contributed by atoms with Crippen molar-refractivity contribution < 1.29 is 57.2 Å². The summed E-state index contributed by atoms with van der Waals surface area (Å²) in [6.45, 7) is 27.9. The van der Waals surface area contributed by atoms with E-state index in [2.05, 4.69) is 30.6 Å². The molecule has 0 saturated carbocycles. The Morgan fingerprint density at radius 2 is 0.909 bits per heavy atom. The molecule has 0 rings (SSSR count). The molecule has 0 spiro atoms. The number of rotatable bonds is 11. The van der Waals surface area contributed by atoms with E-state index in [1.807, 2.05) is 48.5 Å². The van der Waals surface area contributed by atoms with Crippen LogP contribution in [0.25, 0.3) is 0 Å². The fourth-order valence-corrected chi connectivity index (χ4v) is 1.79. The Morgan fingerprint density at radius 1 is 0.500 bits per heavy atom. The van der Waals surface area contributed by atoms with Gasteiger partial charge in [0.1, 0.15) is 0 Å². The van der Waals surface area contributed by atoms with Gasteiger partial charge in [-0.15, -0.1) is 0 Å². The van der Waals surface area contributed by atoms with Gasteiger partial charge in [-0.05, 0) is 52.9 Å². The van der Waals surface area contributed by atoms with E-state index in [1.165, 1.54) is 41.5 Å². The Balaban J connectivity index is -0.0000000987. The second kappa shape index (κ2) is 42.0. The zero-order chi connectivity index (χ0) is 36.1. The summed E-state index contributed by atoms with van der Waals surface area (Å²) in [7, 11) is 0. The lowest BCUT2D eigenvalue weighted by Crippen LogP contribution is -2.09. The average molecular weight is 641 g/mol. The van der Waals surface area contributed by atoms with Crippen molar-refractivity contribution in [3.8, 4) is 0 Å². The topological polar surface area (TPSA) is 158 Å². The summed E-state index contributed by atoms with van der Waals surface area (Å²) in [5.41, 5.74) is 0. The Kier molecular flexibility index (Phi) is 50.9. The van der Waals surface area contributed by atoms with Gasteiger partial charge in [0.15, 0.2) is 0 Å². The first-order valence-corrected chi connectivity index (χ1v) is 15.1. The van der Waals surface area contributed by atoms with Crippen LogP contribution in [0.4, 0.5) is 0 Å². The predicted molar refractivity (Wildman–Crippen MR) is 171 cm³/mol. The van der Waals surface area contributed by atoms with Crippen LogP contribution in [-0.4, -0.2) is 74.5 Å². The highest BCUT2D eigenvalue weighted by atomic mass is 16.6. The van der Waals surface area contributed by atoms with Gasteiger partial charge in [-0.25, -0.2) is 0 Å². The van der Waals surface area contributed by atoms with E-state index in [4.69, 9.17) is 4.74 Å². The number of hydrogen-bond acceptors (Lipinski definition) is 12. The molecule has 0 aliphatic rings. The van der Waals surface area contributed by atoms with Crippen LogP contribution in [0.3, 0.4) is 0 Å². The fraction of sp³-hybridized carbons (Fsp3) is 0.812. The Morgan fingerprint density at radius 3 is 1.05 bits per heavy atom. The quantitative estimate of drug-likeness (QED) is 0.139. The van der Waals surface area contributed by atoms with Gasteiger partial charge in [0.25, 0.3) is 0 Å². The minimum absolute atomic E-state index is 0.0255. The first kappa shape index (κ1) is 53.4. The zero-order valence-corrected chi connectivity index (χ0v) is 30.3. The molecule has 0 N–H and O–H groups in total. The lowest BCUT2D eigenvalue weighted by atomic mass is 10.2. The van der Waals surface area contributed by atoms with Gasteiger partial charge in [0.2, 0.25) is 0 Å². The Hall–Kier alpha value is -3.18. The van der Waals surface area contributed by atoms with Crippen molar-refractivity contribution in [3.63, 3.8) is 0 Å². The monoisotopic (exact) mass is 640 g/mol. The predicted octanol–water partition coefficient (Wildman–Crippen LogP) is 6.39. The molecule has 0 aromatic rings. The molecule has 0 aromatic carbocycles. The molecular formula is C32H64O12. The molecule has 1 unspecified atom stereocenters. The van der Waals surface area contributed by atoms with Gasteiger partial charge in [-0.3, -0.25) is 28.8 Å². The number of carbonyl (C=O) groups excluding carboxylic acids is 6. The zero-order valence-electron chi connectivity index (χ0n) is 30.3. The van der Waals surface area contributed by atoms with Crippen molar-refractivity contribution in [2.45, 2.75) is 142 Å². The van der Waals surface area contributed by atoms with Gasteiger partial charge in [0, 0.05) is 41.5 Å². The van der Waals surface area contributed by atoms with E-state index in [9.17, 15) is 28.8 Å². The van der Waals surface area contributed by atoms with Crippen molar-refractivity contribution in [3.05, 3.63) is 0 Å². The standard InChI is InChI=1S/3C6H12O2.2C5H10O2.C4H8O2/c1-5(2)4-8-6(3)7;1-4-5(2)8-6(3)7;1-3-4-5-8-6(2)7;1-4(2)7-5(3)6;1-3-4-7-5(2)6;1-3-6-4(2)5/h2*5H,4H2,1-3H3;3-5H2,1-2H3;4H,1-3H3;3-4H2,1-2H3;3H2,1-2H3. The van der Waals surface area contributed by atoms with Crippen molar-refractivity contribution in [2.75, 3.05) is 26.4 Å². The molecule has 0 amide bonds. The van der Waals surface area contributed by atoms with Crippen LogP contribution in [-0.2, 0) is 57.2 Å². The molecule has 0 fully saturated rings. The Bertz CT molecular complexity index is 703. The summed E-state index contributed by atoms with van der Waals surface area (Å²) in [5.74, 6) is -0.746. The highest BCUT2D eigenvalue weighted by Crippen LogP contribution is 1.94. The summed E-state index contributed by atoms with van der Waals surface area (Å²) in [4.78, 5) is 60.2. The van der Waals surface area contributed by atoms with Crippen molar-refractivity contribution in [1.82, 2.24) is 0 Å². The summed E-state index contributed by atoms with van der Waals surface area (Å²) in [5, 5.41) is 0. The highest BCUT2D eigenvalue weighted by Gasteiger charge is 1.99. The van der Waals surface area contributed by atoms with E-state index in [-0.39, 0.29) is 48.0 Å². The first-order chi connectivity index (χ1) is 20.2. The molecule has 12 nitrogen and oxygen atoms in total. The third-order valence-electron chi connectivity index (χ3n) is 3.62. The van der Waals surface area contributed by atoms with Crippen LogP contribution in [0.15, 0.2) is 0 Å². The smallest absolute Gasteiger partial charge is 0.302 e. The van der Waals surface area contributed by atoms with Gasteiger partial charge >= 0.3 is 35.8 Å². The van der Waals surface area contributed by atoms with Gasteiger partial charge in [-0.2, -0.15) is 0 Å². The number of ether oxygens (including phenoxy) is 6. The second-order valence-corrected chi connectivity index (χ2v) is 9.64. The third kappa shape index (κ3) is 97.9. The van der Waals surface area contributed by atoms with Crippen LogP contribution in [0.2, 0.25) is 0 Å². The van der Waals surface area contributed by atoms with E-state index in [0.717, 1.165) is 25.7 Å². The highest BCUT2D eigenvalue weighted by molar-refractivity contribution is 5.67. The van der Waals surface area contributed by atoms with Gasteiger partial charge in [-0.1, -0.05) is 41.0 Å². The maximum Gasteiger partial charge on any atom is 0.302 e. The molecule has 0 aliphatic heterocycles. The van der Waals surface area contributed by atoms with Gasteiger partial charge in [0.05, 0.1) is 38.6 Å². The van der Waals surface area contributed by atoms with Crippen LogP contribution >= 0.6 is 0 Å². The molecule has 12 heteroatoms. The maximum atomic E-state index is 10.2. The van der Waals surface area contributed by atoms with Crippen LogP contribution in [0.1, 0.15) is 130 Å². The molecule has 0 heterocycles. The molecule has 0 aliphatic carbocycles. The van der Waals surface area contributed by atoms with E-state index in [1.54, 1.807) is 6.92 Å².